The lowest BCUT2D eigenvalue weighted by Crippen LogP contribution is -2.01. The van der Waals surface area contributed by atoms with Crippen LogP contribution < -0.4 is 0 Å². The zero-order valence-corrected chi connectivity index (χ0v) is 10.6. The van der Waals surface area contributed by atoms with Crippen molar-refractivity contribution in [3.63, 3.8) is 0 Å². The second kappa shape index (κ2) is 4.97. The van der Waals surface area contributed by atoms with E-state index in [1.807, 2.05) is 0 Å². The fourth-order valence-corrected chi connectivity index (χ4v) is 2.69. The van der Waals surface area contributed by atoms with E-state index in [0.717, 1.165) is 5.82 Å². The number of alkyl halides is 1. The molecule has 2 nitrogen and oxygen atoms in total. The van der Waals surface area contributed by atoms with E-state index in [9.17, 15) is 4.39 Å². The zero-order chi connectivity index (χ0) is 11.5. The molecule has 0 radical (unpaired) electrons. The van der Waals surface area contributed by atoms with Crippen molar-refractivity contribution in [3.05, 3.63) is 52.8 Å². The van der Waals surface area contributed by atoms with Gasteiger partial charge in [0, 0.05) is 29.4 Å². The van der Waals surface area contributed by atoms with Crippen LogP contribution in [0.4, 0.5) is 4.39 Å². The van der Waals surface area contributed by atoms with Gasteiger partial charge in [-0.05, 0) is 12.1 Å². The number of benzene rings is 1. The SMILES string of the molecule is Fc1cccc(Cl)c1C(Br)Cc1ncc[nH]1. The third kappa shape index (κ3) is 2.44. The molecule has 0 fully saturated rings. The van der Waals surface area contributed by atoms with Gasteiger partial charge in [-0.2, -0.15) is 0 Å². The van der Waals surface area contributed by atoms with Crippen molar-refractivity contribution in [2.45, 2.75) is 11.2 Å². The van der Waals surface area contributed by atoms with Crippen molar-refractivity contribution in [1.29, 1.82) is 0 Å². The Morgan fingerprint density at radius 3 is 2.94 bits per heavy atom. The highest BCUT2D eigenvalue weighted by atomic mass is 79.9. The predicted molar refractivity (Wildman–Crippen MR) is 65.4 cm³/mol. The molecule has 1 unspecified atom stereocenters. The standard InChI is InChI=1S/C11H9BrClFN2/c12-7(6-10-15-4-5-16-10)11-8(13)2-1-3-9(11)14/h1-5,7H,6H2,(H,15,16). The summed E-state index contributed by atoms with van der Waals surface area (Å²) in [6, 6.07) is 4.67. The molecular weight excluding hydrogens is 294 g/mol. The summed E-state index contributed by atoms with van der Waals surface area (Å²) in [5.41, 5.74) is 0.473. The molecule has 1 atom stereocenters. The summed E-state index contributed by atoms with van der Waals surface area (Å²) < 4.78 is 13.6. The van der Waals surface area contributed by atoms with Gasteiger partial charge in [0.15, 0.2) is 0 Å². The topological polar surface area (TPSA) is 28.7 Å². The molecule has 1 N–H and O–H groups in total. The molecule has 5 heteroatoms. The maximum Gasteiger partial charge on any atom is 0.129 e. The minimum Gasteiger partial charge on any atom is -0.349 e. The normalized spacial score (nSPS) is 12.7. The summed E-state index contributed by atoms with van der Waals surface area (Å²) in [6.07, 6.45) is 3.96. The quantitative estimate of drug-likeness (QED) is 0.857. The largest absolute Gasteiger partial charge is 0.349 e. The molecule has 2 aromatic rings. The Kier molecular flexibility index (Phi) is 3.61. The Morgan fingerprint density at radius 1 is 1.50 bits per heavy atom. The molecule has 2 rings (SSSR count). The summed E-state index contributed by atoms with van der Waals surface area (Å²) in [7, 11) is 0. The highest BCUT2D eigenvalue weighted by Crippen LogP contribution is 2.33. The average Bonchev–Trinajstić information content (AvgIpc) is 2.70. The van der Waals surface area contributed by atoms with Crippen LogP contribution in [0.15, 0.2) is 30.6 Å². The first-order valence-electron chi connectivity index (χ1n) is 4.74. The number of rotatable bonds is 3. The minimum absolute atomic E-state index is 0.188. The van der Waals surface area contributed by atoms with Crippen molar-refractivity contribution in [3.8, 4) is 0 Å². The van der Waals surface area contributed by atoms with Crippen LogP contribution in [0.5, 0.6) is 0 Å². The van der Waals surface area contributed by atoms with E-state index in [0.29, 0.717) is 17.0 Å². The summed E-state index contributed by atoms with van der Waals surface area (Å²) >= 11 is 9.39. The highest BCUT2D eigenvalue weighted by Gasteiger charge is 2.17. The molecule has 0 saturated heterocycles. The maximum absolute atomic E-state index is 13.6. The summed E-state index contributed by atoms with van der Waals surface area (Å²) in [4.78, 5) is 6.87. The van der Waals surface area contributed by atoms with Crippen LogP contribution in [-0.4, -0.2) is 9.97 Å². The van der Waals surface area contributed by atoms with Crippen molar-refractivity contribution in [2.24, 2.45) is 0 Å². The predicted octanol–water partition coefficient (Wildman–Crippen LogP) is 3.88. The average molecular weight is 304 g/mol. The first-order valence-corrected chi connectivity index (χ1v) is 6.04. The lowest BCUT2D eigenvalue weighted by molar-refractivity contribution is 0.607. The number of H-pyrrole nitrogens is 1. The summed E-state index contributed by atoms with van der Waals surface area (Å²) in [5.74, 6) is 0.488. The molecule has 0 saturated carbocycles. The smallest absolute Gasteiger partial charge is 0.129 e. The number of aromatic amines is 1. The molecule has 1 aromatic heterocycles. The molecular formula is C11H9BrClFN2. The van der Waals surface area contributed by atoms with Crippen LogP contribution in [0.3, 0.4) is 0 Å². The molecule has 0 aliphatic rings. The van der Waals surface area contributed by atoms with Gasteiger partial charge in [-0.25, -0.2) is 9.37 Å². The number of aromatic nitrogens is 2. The molecule has 0 spiro atoms. The molecule has 0 bridgehead atoms. The van der Waals surface area contributed by atoms with Crippen molar-refractivity contribution >= 4 is 27.5 Å². The fourth-order valence-electron chi connectivity index (χ4n) is 1.49. The second-order valence-electron chi connectivity index (χ2n) is 3.34. The van der Waals surface area contributed by atoms with Crippen LogP contribution in [-0.2, 0) is 6.42 Å². The third-order valence-electron chi connectivity index (χ3n) is 2.24. The minimum atomic E-state index is -0.305. The van der Waals surface area contributed by atoms with Gasteiger partial charge in [-0.15, -0.1) is 0 Å². The Morgan fingerprint density at radius 2 is 2.31 bits per heavy atom. The lowest BCUT2D eigenvalue weighted by Gasteiger charge is -2.11. The summed E-state index contributed by atoms with van der Waals surface area (Å²) in [6.45, 7) is 0. The first-order chi connectivity index (χ1) is 7.68. The number of hydrogen-bond donors (Lipinski definition) is 1. The Balaban J connectivity index is 2.24. The maximum atomic E-state index is 13.6. The molecule has 1 heterocycles. The van der Waals surface area contributed by atoms with E-state index in [-0.39, 0.29) is 10.6 Å². The number of nitrogens with one attached hydrogen (secondary N) is 1. The monoisotopic (exact) mass is 302 g/mol. The van der Waals surface area contributed by atoms with Crippen molar-refractivity contribution in [1.82, 2.24) is 9.97 Å². The molecule has 1 aromatic carbocycles. The van der Waals surface area contributed by atoms with Gasteiger partial charge in [0.25, 0.3) is 0 Å². The number of nitrogens with zero attached hydrogens (tertiary/aromatic N) is 1. The van der Waals surface area contributed by atoms with E-state index < -0.39 is 0 Å². The third-order valence-corrected chi connectivity index (χ3v) is 3.35. The van der Waals surface area contributed by atoms with Gasteiger partial charge in [0.05, 0.1) is 4.83 Å². The van der Waals surface area contributed by atoms with Gasteiger partial charge >= 0.3 is 0 Å². The summed E-state index contributed by atoms with van der Waals surface area (Å²) in [5, 5.41) is 0.424. The van der Waals surface area contributed by atoms with E-state index in [1.54, 1.807) is 24.5 Å². The molecule has 0 aliphatic heterocycles. The highest BCUT2D eigenvalue weighted by molar-refractivity contribution is 9.09. The number of halogens is 3. The van der Waals surface area contributed by atoms with E-state index >= 15 is 0 Å². The van der Waals surface area contributed by atoms with Crippen LogP contribution in [0, 0.1) is 5.82 Å². The van der Waals surface area contributed by atoms with Gasteiger partial charge in [-0.3, -0.25) is 0 Å². The van der Waals surface area contributed by atoms with E-state index in [4.69, 9.17) is 11.6 Å². The Bertz CT molecular complexity index is 453. The Hall–Kier alpha value is -0.870. The van der Waals surface area contributed by atoms with Gasteiger partial charge in [0.2, 0.25) is 0 Å². The first kappa shape index (κ1) is 11.6. The molecule has 0 amide bonds. The van der Waals surface area contributed by atoms with Gasteiger partial charge in [0.1, 0.15) is 11.6 Å². The van der Waals surface area contributed by atoms with E-state index in [1.165, 1.54) is 6.07 Å². The molecule has 0 aliphatic carbocycles. The number of imidazole rings is 1. The van der Waals surface area contributed by atoms with Crippen LogP contribution in [0.2, 0.25) is 5.02 Å². The zero-order valence-electron chi connectivity index (χ0n) is 8.25. The fraction of sp³-hybridized carbons (Fsp3) is 0.182. The number of hydrogen-bond acceptors (Lipinski definition) is 1. The van der Waals surface area contributed by atoms with Gasteiger partial charge < -0.3 is 4.98 Å². The lowest BCUT2D eigenvalue weighted by atomic mass is 10.1. The van der Waals surface area contributed by atoms with Gasteiger partial charge in [-0.1, -0.05) is 33.6 Å². The molecule has 16 heavy (non-hydrogen) atoms. The van der Waals surface area contributed by atoms with Crippen LogP contribution >= 0.6 is 27.5 Å². The second-order valence-corrected chi connectivity index (χ2v) is 4.86. The Labute approximate surface area is 106 Å². The van der Waals surface area contributed by atoms with Crippen molar-refractivity contribution < 1.29 is 4.39 Å². The van der Waals surface area contributed by atoms with Crippen LogP contribution in [0.1, 0.15) is 16.2 Å². The van der Waals surface area contributed by atoms with Crippen molar-refractivity contribution in [2.75, 3.05) is 0 Å². The molecule has 84 valence electrons. The van der Waals surface area contributed by atoms with Crippen LogP contribution in [0.25, 0.3) is 0 Å². The van der Waals surface area contributed by atoms with E-state index in [2.05, 4.69) is 25.9 Å².